The van der Waals surface area contributed by atoms with Crippen molar-refractivity contribution in [3.63, 3.8) is 0 Å². The molecule has 0 aromatic heterocycles. The smallest absolute Gasteiger partial charge is 0.413 e. The average molecular weight is 465 g/mol. The Balaban J connectivity index is 2.29. The number of nitriles is 1. The molecule has 33 heavy (non-hydrogen) atoms. The van der Waals surface area contributed by atoms with E-state index in [-0.39, 0.29) is 17.9 Å². The van der Waals surface area contributed by atoms with Crippen molar-refractivity contribution in [2.24, 2.45) is 10.4 Å². The third kappa shape index (κ3) is 8.48. The molecule has 2 atom stereocenters. The van der Waals surface area contributed by atoms with Gasteiger partial charge in [0.2, 0.25) is 11.9 Å². The van der Waals surface area contributed by atoms with Gasteiger partial charge < -0.3 is 19.7 Å². The maximum absolute atomic E-state index is 13.5. The molecular weight excluding hydrogens is 424 g/mol. The second-order valence-corrected chi connectivity index (χ2v) is 9.89. The van der Waals surface area contributed by atoms with E-state index in [4.69, 9.17) is 14.5 Å². The quantitative estimate of drug-likeness (QED) is 0.435. The summed E-state index contributed by atoms with van der Waals surface area (Å²) in [5.74, 6) is -0.00701. The van der Waals surface area contributed by atoms with Gasteiger partial charge in [0.05, 0.1) is 25.9 Å². The lowest BCUT2D eigenvalue weighted by molar-refractivity contribution is -0.124. The zero-order chi connectivity index (χ0) is 24.5. The van der Waals surface area contributed by atoms with Crippen molar-refractivity contribution in [2.45, 2.75) is 65.5 Å². The van der Waals surface area contributed by atoms with Crippen LogP contribution >= 0.6 is 0 Å². The van der Waals surface area contributed by atoms with E-state index in [1.165, 1.54) is 0 Å². The molecule has 2 rings (SSSR count). The molecule has 2 saturated heterocycles. The Morgan fingerprint density at radius 2 is 1.94 bits per heavy atom. The number of nitrogens with zero attached hydrogens (tertiary/aromatic N) is 4. The van der Waals surface area contributed by atoms with Gasteiger partial charge >= 0.3 is 6.09 Å². The first-order chi connectivity index (χ1) is 15.6. The Hall–Kier alpha value is -2.38. The van der Waals surface area contributed by atoms with Crippen LogP contribution in [0.3, 0.4) is 0 Å². The van der Waals surface area contributed by atoms with E-state index < -0.39 is 17.7 Å². The van der Waals surface area contributed by atoms with Gasteiger partial charge in [0.15, 0.2) is 0 Å². The van der Waals surface area contributed by atoms with Gasteiger partial charge in [0.1, 0.15) is 11.6 Å². The third-order valence-corrected chi connectivity index (χ3v) is 5.65. The van der Waals surface area contributed by atoms with Crippen LogP contribution in [0.5, 0.6) is 0 Å². The summed E-state index contributed by atoms with van der Waals surface area (Å²) in [5.41, 5.74) is -1.12. The normalized spacial score (nSPS) is 23.0. The molecule has 2 aliphatic heterocycles. The summed E-state index contributed by atoms with van der Waals surface area (Å²) in [6.07, 6.45) is 1.42. The predicted octanol–water partition coefficient (Wildman–Crippen LogP) is 1.72. The highest BCUT2D eigenvalue weighted by Crippen LogP contribution is 2.25. The van der Waals surface area contributed by atoms with Gasteiger partial charge in [-0.1, -0.05) is 27.7 Å². The Kier molecular flexibility index (Phi) is 9.92. The molecule has 0 aromatic carbocycles. The van der Waals surface area contributed by atoms with Crippen LogP contribution in [0, 0.1) is 16.7 Å². The van der Waals surface area contributed by atoms with Crippen molar-refractivity contribution < 1.29 is 19.1 Å². The van der Waals surface area contributed by atoms with Gasteiger partial charge in [0.25, 0.3) is 0 Å². The first-order valence-electron chi connectivity index (χ1n) is 11.9. The van der Waals surface area contributed by atoms with Gasteiger partial charge in [-0.2, -0.15) is 5.26 Å². The Labute approximate surface area is 197 Å². The number of aliphatic imine (C=N–C) groups is 1. The summed E-state index contributed by atoms with van der Waals surface area (Å²) in [6, 6.07) is 1.57. The zero-order valence-corrected chi connectivity index (χ0v) is 20.8. The number of carbonyl (C=O) groups is 2. The molecule has 0 radical (unpaired) electrons. The van der Waals surface area contributed by atoms with Crippen molar-refractivity contribution in [3.05, 3.63) is 0 Å². The molecule has 0 aromatic rings. The lowest BCUT2D eigenvalue weighted by atomic mass is 9.87. The summed E-state index contributed by atoms with van der Waals surface area (Å²) in [4.78, 5) is 34.4. The largest absolute Gasteiger partial charge is 0.450 e. The summed E-state index contributed by atoms with van der Waals surface area (Å²) >= 11 is 0. The first-order valence-corrected chi connectivity index (χ1v) is 11.9. The van der Waals surface area contributed by atoms with Crippen LogP contribution in [0.15, 0.2) is 4.99 Å². The van der Waals surface area contributed by atoms with Crippen LogP contribution in [0.1, 0.15) is 53.9 Å². The number of carbonyl (C=O) groups excluding carboxylic acids is 2. The molecule has 10 heteroatoms. The van der Waals surface area contributed by atoms with E-state index >= 15 is 0 Å². The molecule has 2 aliphatic rings. The number of nitrogens with one attached hydrogen (secondary N) is 2. The van der Waals surface area contributed by atoms with E-state index in [1.54, 1.807) is 6.92 Å². The fourth-order valence-electron chi connectivity index (χ4n) is 4.09. The average Bonchev–Trinajstić information content (AvgIpc) is 3.16. The minimum atomic E-state index is -0.925. The molecule has 2 fully saturated rings. The SMILES string of the molecule is CCCN1CCC(C#N)(NC(=O)[C@H](CC(C)(C)C)N=C(NC(=O)OCC)N2CCOCC2)C1. The van der Waals surface area contributed by atoms with Crippen molar-refractivity contribution in [1.82, 2.24) is 20.4 Å². The van der Waals surface area contributed by atoms with Crippen LogP contribution in [-0.2, 0) is 14.3 Å². The molecule has 2 heterocycles. The highest BCUT2D eigenvalue weighted by Gasteiger charge is 2.41. The van der Waals surface area contributed by atoms with E-state index in [9.17, 15) is 14.9 Å². The Morgan fingerprint density at radius 1 is 1.24 bits per heavy atom. The van der Waals surface area contributed by atoms with Crippen molar-refractivity contribution in [2.75, 3.05) is 52.5 Å². The Bertz CT molecular complexity index is 738. The molecule has 0 spiro atoms. The van der Waals surface area contributed by atoms with Crippen molar-refractivity contribution in [1.29, 1.82) is 5.26 Å². The van der Waals surface area contributed by atoms with Gasteiger partial charge in [-0.05, 0) is 38.1 Å². The lowest BCUT2D eigenvalue weighted by Gasteiger charge is -2.32. The number of morpholine rings is 1. The highest BCUT2D eigenvalue weighted by atomic mass is 16.5. The van der Waals surface area contributed by atoms with Crippen LogP contribution in [-0.4, -0.2) is 91.9 Å². The second kappa shape index (κ2) is 12.2. The van der Waals surface area contributed by atoms with Crippen LogP contribution in [0.2, 0.25) is 0 Å². The molecule has 1 unspecified atom stereocenters. The Morgan fingerprint density at radius 3 is 2.52 bits per heavy atom. The summed E-state index contributed by atoms with van der Waals surface area (Å²) < 4.78 is 10.5. The van der Waals surface area contributed by atoms with Gasteiger partial charge in [0, 0.05) is 26.2 Å². The maximum Gasteiger partial charge on any atom is 0.413 e. The van der Waals surface area contributed by atoms with Crippen LogP contribution in [0.4, 0.5) is 4.79 Å². The summed E-state index contributed by atoms with van der Waals surface area (Å²) in [6.45, 7) is 14.4. The maximum atomic E-state index is 13.5. The van der Waals surface area contributed by atoms with Crippen LogP contribution in [0.25, 0.3) is 0 Å². The zero-order valence-electron chi connectivity index (χ0n) is 20.8. The number of alkyl carbamates (subject to hydrolysis) is 1. The molecule has 10 nitrogen and oxygen atoms in total. The number of guanidine groups is 1. The molecule has 186 valence electrons. The van der Waals surface area contributed by atoms with Crippen molar-refractivity contribution in [3.8, 4) is 6.07 Å². The third-order valence-electron chi connectivity index (χ3n) is 5.65. The molecule has 2 amide bonds. The van der Waals surface area contributed by atoms with Gasteiger partial charge in [-0.3, -0.25) is 15.0 Å². The monoisotopic (exact) mass is 464 g/mol. The summed E-state index contributed by atoms with van der Waals surface area (Å²) in [5, 5.41) is 15.6. The molecular formula is C23H40N6O4. The highest BCUT2D eigenvalue weighted by molar-refractivity contribution is 5.96. The number of amides is 2. The van der Waals surface area contributed by atoms with Gasteiger partial charge in [-0.25, -0.2) is 9.79 Å². The lowest BCUT2D eigenvalue weighted by Crippen LogP contribution is -2.54. The van der Waals surface area contributed by atoms with E-state index in [0.717, 1.165) is 19.5 Å². The second-order valence-electron chi connectivity index (χ2n) is 9.89. The number of rotatable bonds is 7. The van der Waals surface area contributed by atoms with E-state index in [1.807, 2.05) is 25.7 Å². The van der Waals surface area contributed by atoms with Crippen LogP contribution < -0.4 is 10.6 Å². The number of hydrogen-bond donors (Lipinski definition) is 2. The fourth-order valence-corrected chi connectivity index (χ4v) is 4.09. The minimum absolute atomic E-state index is 0.199. The van der Waals surface area contributed by atoms with Crippen molar-refractivity contribution >= 4 is 18.0 Å². The van der Waals surface area contributed by atoms with Gasteiger partial charge in [-0.15, -0.1) is 0 Å². The van der Waals surface area contributed by atoms with E-state index in [0.29, 0.717) is 51.6 Å². The molecule has 0 bridgehead atoms. The van der Waals surface area contributed by atoms with E-state index in [2.05, 4.69) is 28.5 Å². The molecule has 2 N–H and O–H groups in total. The standard InChI is InChI=1S/C23H40N6O4/c1-6-9-28-10-8-23(16-24,17-28)27-19(30)18(15-22(3,4)5)25-20(26-21(31)33-7-2)29-11-13-32-14-12-29/h18H,6-15,17H2,1-5H3,(H,27,30)(H,25,26,31)/t18-,23?/m0/s1. The summed E-state index contributed by atoms with van der Waals surface area (Å²) in [7, 11) is 0. The number of hydrogen-bond acceptors (Lipinski definition) is 7. The predicted molar refractivity (Wildman–Crippen MR) is 126 cm³/mol. The minimum Gasteiger partial charge on any atom is -0.450 e. The topological polar surface area (TPSA) is 119 Å². The fraction of sp³-hybridized carbons (Fsp3) is 0.826. The molecule has 0 saturated carbocycles. The number of ether oxygens (including phenoxy) is 2. The number of likely N-dealkylation sites (tertiary alicyclic amines) is 1. The molecule has 0 aliphatic carbocycles. The first kappa shape index (κ1) is 26.9.